The number of carbonyl (C=O) groups is 2. The molecule has 20 heavy (non-hydrogen) atoms. The predicted octanol–water partition coefficient (Wildman–Crippen LogP) is 2.15. The maximum Gasteiger partial charge on any atom is 0.315 e. The SMILES string of the molecule is CC(=O)N(CCNC(=O)NC1CC1)c1ccccc1Cl. The number of benzene rings is 1. The fraction of sp³-hybridized carbons (Fsp3) is 0.429. The second-order valence-corrected chi connectivity index (χ2v) is 5.20. The van der Waals surface area contributed by atoms with Gasteiger partial charge in [0.25, 0.3) is 0 Å². The zero-order valence-corrected chi connectivity index (χ0v) is 12.1. The zero-order chi connectivity index (χ0) is 14.5. The van der Waals surface area contributed by atoms with Crippen LogP contribution in [0.25, 0.3) is 0 Å². The Hall–Kier alpha value is -1.75. The minimum Gasteiger partial charge on any atom is -0.336 e. The molecule has 1 aromatic carbocycles. The number of rotatable bonds is 5. The summed E-state index contributed by atoms with van der Waals surface area (Å²) in [4.78, 5) is 24.8. The van der Waals surface area contributed by atoms with Crippen LogP contribution in [0.1, 0.15) is 19.8 Å². The quantitative estimate of drug-likeness (QED) is 0.874. The van der Waals surface area contributed by atoms with E-state index in [1.165, 1.54) is 6.92 Å². The first kappa shape index (κ1) is 14.7. The van der Waals surface area contributed by atoms with E-state index in [0.717, 1.165) is 12.8 Å². The number of carbonyl (C=O) groups excluding carboxylic acids is 2. The summed E-state index contributed by atoms with van der Waals surface area (Å²) in [5, 5.41) is 6.09. The number of amides is 3. The molecule has 2 rings (SSSR count). The Morgan fingerprint density at radius 1 is 1.35 bits per heavy atom. The molecule has 0 aromatic heterocycles. The largest absolute Gasteiger partial charge is 0.336 e. The van der Waals surface area contributed by atoms with E-state index in [4.69, 9.17) is 11.6 Å². The van der Waals surface area contributed by atoms with Gasteiger partial charge in [0.2, 0.25) is 5.91 Å². The minimum atomic E-state index is -0.185. The summed E-state index contributed by atoms with van der Waals surface area (Å²) >= 11 is 6.09. The van der Waals surface area contributed by atoms with Crippen LogP contribution in [0.4, 0.5) is 10.5 Å². The molecule has 1 aliphatic rings. The van der Waals surface area contributed by atoms with Crippen LogP contribution >= 0.6 is 11.6 Å². The normalized spacial score (nSPS) is 13.7. The molecule has 0 heterocycles. The molecular formula is C14H18ClN3O2. The lowest BCUT2D eigenvalue weighted by molar-refractivity contribution is -0.116. The third-order valence-corrected chi connectivity index (χ3v) is 3.38. The van der Waals surface area contributed by atoms with E-state index < -0.39 is 0 Å². The highest BCUT2D eigenvalue weighted by Gasteiger charge is 2.23. The number of para-hydroxylation sites is 1. The Kier molecular flexibility index (Phi) is 4.84. The van der Waals surface area contributed by atoms with Crippen LogP contribution in [0.5, 0.6) is 0 Å². The average molecular weight is 296 g/mol. The van der Waals surface area contributed by atoms with Gasteiger partial charge in [0, 0.05) is 26.1 Å². The average Bonchev–Trinajstić information content (AvgIpc) is 3.19. The van der Waals surface area contributed by atoms with Crippen LogP contribution in [0.15, 0.2) is 24.3 Å². The van der Waals surface area contributed by atoms with E-state index in [-0.39, 0.29) is 11.9 Å². The van der Waals surface area contributed by atoms with Gasteiger partial charge >= 0.3 is 6.03 Å². The number of anilines is 1. The lowest BCUT2D eigenvalue weighted by Crippen LogP contribution is -2.42. The van der Waals surface area contributed by atoms with E-state index in [1.54, 1.807) is 17.0 Å². The van der Waals surface area contributed by atoms with Crippen molar-refractivity contribution >= 4 is 29.2 Å². The molecule has 1 saturated carbocycles. The van der Waals surface area contributed by atoms with Gasteiger partial charge < -0.3 is 15.5 Å². The highest BCUT2D eigenvalue weighted by Crippen LogP contribution is 2.24. The third kappa shape index (κ3) is 4.13. The van der Waals surface area contributed by atoms with Gasteiger partial charge in [-0.05, 0) is 25.0 Å². The van der Waals surface area contributed by atoms with Gasteiger partial charge in [-0.25, -0.2) is 4.79 Å². The monoisotopic (exact) mass is 295 g/mol. The molecule has 0 saturated heterocycles. The molecule has 1 aromatic rings. The lowest BCUT2D eigenvalue weighted by atomic mass is 10.3. The topological polar surface area (TPSA) is 61.4 Å². The Balaban J connectivity index is 1.88. The molecule has 1 fully saturated rings. The van der Waals surface area contributed by atoms with Crippen LogP contribution in [0, 0.1) is 0 Å². The van der Waals surface area contributed by atoms with Crippen molar-refractivity contribution in [3.63, 3.8) is 0 Å². The number of halogens is 1. The molecule has 5 nitrogen and oxygen atoms in total. The van der Waals surface area contributed by atoms with Crippen molar-refractivity contribution in [1.29, 1.82) is 0 Å². The Labute approximate surface area is 123 Å². The Morgan fingerprint density at radius 2 is 2.05 bits per heavy atom. The van der Waals surface area contributed by atoms with Gasteiger partial charge in [-0.2, -0.15) is 0 Å². The van der Waals surface area contributed by atoms with Crippen LogP contribution < -0.4 is 15.5 Å². The predicted molar refractivity (Wildman–Crippen MR) is 79.0 cm³/mol. The van der Waals surface area contributed by atoms with Crippen molar-refractivity contribution in [3.05, 3.63) is 29.3 Å². The van der Waals surface area contributed by atoms with Crippen LogP contribution in [0.2, 0.25) is 5.02 Å². The second kappa shape index (κ2) is 6.61. The summed E-state index contributed by atoms with van der Waals surface area (Å²) in [6, 6.07) is 7.29. The van der Waals surface area contributed by atoms with Crippen molar-refractivity contribution in [1.82, 2.24) is 10.6 Å². The van der Waals surface area contributed by atoms with E-state index in [1.807, 2.05) is 12.1 Å². The first-order valence-corrected chi connectivity index (χ1v) is 7.02. The number of hydrogen-bond acceptors (Lipinski definition) is 2. The smallest absolute Gasteiger partial charge is 0.315 e. The zero-order valence-electron chi connectivity index (χ0n) is 11.4. The van der Waals surface area contributed by atoms with Crippen LogP contribution in [-0.4, -0.2) is 31.1 Å². The number of hydrogen-bond donors (Lipinski definition) is 2. The maximum absolute atomic E-state index is 11.7. The standard InChI is InChI=1S/C14H18ClN3O2/c1-10(19)18(13-5-3-2-4-12(13)15)9-8-16-14(20)17-11-6-7-11/h2-5,11H,6-9H2,1H3,(H2,16,17,20). The Morgan fingerprint density at radius 3 is 2.65 bits per heavy atom. The van der Waals surface area contributed by atoms with Crippen molar-refractivity contribution in [2.75, 3.05) is 18.0 Å². The van der Waals surface area contributed by atoms with Crippen molar-refractivity contribution in [3.8, 4) is 0 Å². The first-order chi connectivity index (χ1) is 9.58. The first-order valence-electron chi connectivity index (χ1n) is 6.65. The van der Waals surface area contributed by atoms with E-state index in [9.17, 15) is 9.59 Å². The van der Waals surface area contributed by atoms with Gasteiger partial charge in [0.05, 0.1) is 10.7 Å². The van der Waals surface area contributed by atoms with Gasteiger partial charge in [0.15, 0.2) is 0 Å². The van der Waals surface area contributed by atoms with E-state index in [0.29, 0.717) is 29.8 Å². The summed E-state index contributed by atoms with van der Waals surface area (Å²) in [6.45, 7) is 2.24. The summed E-state index contributed by atoms with van der Waals surface area (Å²) in [5.41, 5.74) is 0.658. The molecule has 6 heteroatoms. The van der Waals surface area contributed by atoms with Crippen LogP contribution in [0.3, 0.4) is 0 Å². The molecule has 0 unspecified atom stereocenters. The fourth-order valence-corrected chi connectivity index (χ4v) is 2.10. The molecule has 0 atom stereocenters. The second-order valence-electron chi connectivity index (χ2n) is 4.80. The molecule has 0 spiro atoms. The number of urea groups is 1. The summed E-state index contributed by atoms with van der Waals surface area (Å²) in [6.07, 6.45) is 2.10. The molecular weight excluding hydrogens is 278 g/mol. The number of nitrogens with zero attached hydrogens (tertiary/aromatic N) is 1. The summed E-state index contributed by atoms with van der Waals surface area (Å²) in [5.74, 6) is -0.109. The molecule has 0 bridgehead atoms. The fourth-order valence-electron chi connectivity index (χ4n) is 1.86. The van der Waals surface area contributed by atoms with Gasteiger partial charge in [-0.1, -0.05) is 23.7 Å². The Bertz CT molecular complexity index is 503. The highest BCUT2D eigenvalue weighted by molar-refractivity contribution is 6.33. The minimum absolute atomic E-state index is 0.109. The number of nitrogens with one attached hydrogen (secondary N) is 2. The van der Waals surface area contributed by atoms with Crippen molar-refractivity contribution in [2.45, 2.75) is 25.8 Å². The third-order valence-electron chi connectivity index (χ3n) is 3.06. The highest BCUT2D eigenvalue weighted by atomic mass is 35.5. The van der Waals surface area contributed by atoms with Crippen LogP contribution in [-0.2, 0) is 4.79 Å². The molecule has 3 amide bonds. The molecule has 2 N–H and O–H groups in total. The summed E-state index contributed by atoms with van der Waals surface area (Å²) < 4.78 is 0. The van der Waals surface area contributed by atoms with E-state index in [2.05, 4.69) is 10.6 Å². The maximum atomic E-state index is 11.7. The lowest BCUT2D eigenvalue weighted by Gasteiger charge is -2.22. The van der Waals surface area contributed by atoms with Crippen molar-refractivity contribution < 1.29 is 9.59 Å². The van der Waals surface area contributed by atoms with Gasteiger partial charge in [0.1, 0.15) is 0 Å². The summed E-state index contributed by atoms with van der Waals surface area (Å²) in [7, 11) is 0. The molecule has 1 aliphatic carbocycles. The van der Waals surface area contributed by atoms with Gasteiger partial charge in [-0.3, -0.25) is 4.79 Å². The molecule has 0 aliphatic heterocycles. The van der Waals surface area contributed by atoms with Gasteiger partial charge in [-0.15, -0.1) is 0 Å². The van der Waals surface area contributed by atoms with Crippen molar-refractivity contribution in [2.24, 2.45) is 0 Å². The van der Waals surface area contributed by atoms with E-state index >= 15 is 0 Å². The molecule has 0 radical (unpaired) electrons. The molecule has 108 valence electrons.